The Morgan fingerprint density at radius 3 is 2.50 bits per heavy atom. The van der Waals surface area contributed by atoms with E-state index in [1.165, 1.54) is 4.90 Å². The van der Waals surface area contributed by atoms with Crippen LogP contribution in [0.15, 0.2) is 36.4 Å². The van der Waals surface area contributed by atoms with Gasteiger partial charge < -0.3 is 34.1 Å². The summed E-state index contributed by atoms with van der Waals surface area (Å²) in [6, 6.07) is 10.4. The number of carbonyl (C=O) groups is 3. The molecule has 2 aliphatic rings. The van der Waals surface area contributed by atoms with E-state index >= 15 is 0 Å². The summed E-state index contributed by atoms with van der Waals surface area (Å²) in [6.07, 6.45) is 0.0792. The highest BCUT2D eigenvalue weighted by atomic mass is 16.6. The summed E-state index contributed by atoms with van der Waals surface area (Å²) in [7, 11) is 1.56. The van der Waals surface area contributed by atoms with E-state index in [0.717, 1.165) is 0 Å². The van der Waals surface area contributed by atoms with Crippen molar-refractivity contribution in [1.82, 2.24) is 4.90 Å². The van der Waals surface area contributed by atoms with Crippen LogP contribution in [-0.2, 0) is 14.4 Å². The fourth-order valence-corrected chi connectivity index (χ4v) is 4.26. The minimum atomic E-state index is -0.543. The van der Waals surface area contributed by atoms with Crippen LogP contribution in [0.1, 0.15) is 20.3 Å². The van der Waals surface area contributed by atoms with Crippen LogP contribution in [0.2, 0.25) is 0 Å². The Balaban J connectivity index is 1.35. The normalized spacial score (nSPS) is 16.5. The first-order chi connectivity index (χ1) is 17.4. The molecular weight excluding hydrogens is 466 g/mol. The maximum absolute atomic E-state index is 13.0. The summed E-state index contributed by atoms with van der Waals surface area (Å²) in [5, 5.41) is 2.79. The van der Waals surface area contributed by atoms with Gasteiger partial charge in [-0.15, -0.1) is 0 Å². The summed E-state index contributed by atoms with van der Waals surface area (Å²) >= 11 is 0. The number of anilines is 2. The average molecular weight is 498 g/mol. The van der Waals surface area contributed by atoms with Crippen molar-refractivity contribution in [1.29, 1.82) is 0 Å². The number of nitrogens with one attached hydrogen (secondary N) is 1. The topological polar surface area (TPSA) is 107 Å². The zero-order valence-corrected chi connectivity index (χ0v) is 20.7. The Morgan fingerprint density at radius 1 is 1.03 bits per heavy atom. The summed E-state index contributed by atoms with van der Waals surface area (Å²) < 4.78 is 22.3. The summed E-state index contributed by atoms with van der Waals surface area (Å²) in [5.74, 6) is 1.03. The van der Waals surface area contributed by atoms with Gasteiger partial charge in [0.1, 0.15) is 13.2 Å². The van der Waals surface area contributed by atoms with E-state index in [9.17, 15) is 14.4 Å². The number of amides is 3. The van der Waals surface area contributed by atoms with Gasteiger partial charge in [0.25, 0.3) is 0 Å². The van der Waals surface area contributed by atoms with Crippen molar-refractivity contribution in [3.8, 4) is 23.0 Å². The van der Waals surface area contributed by atoms with Gasteiger partial charge >= 0.3 is 0 Å². The lowest BCUT2D eigenvalue weighted by molar-refractivity contribution is -0.137. The van der Waals surface area contributed by atoms with E-state index in [4.69, 9.17) is 18.9 Å². The maximum atomic E-state index is 13.0. The van der Waals surface area contributed by atoms with Crippen molar-refractivity contribution in [2.24, 2.45) is 5.92 Å². The molecule has 1 saturated heterocycles. The van der Waals surface area contributed by atoms with E-state index < -0.39 is 5.92 Å². The van der Waals surface area contributed by atoms with Gasteiger partial charge in [-0.1, -0.05) is 0 Å². The molecule has 0 aliphatic carbocycles. The molecule has 10 heteroatoms. The molecule has 0 bridgehead atoms. The lowest BCUT2D eigenvalue weighted by Crippen LogP contribution is -2.39. The zero-order chi connectivity index (χ0) is 25.7. The largest absolute Gasteiger partial charge is 0.490 e. The summed E-state index contributed by atoms with van der Waals surface area (Å²) in [5.41, 5.74) is 1.19. The van der Waals surface area contributed by atoms with E-state index in [1.54, 1.807) is 48.3 Å². The average Bonchev–Trinajstić information content (AvgIpc) is 3.26. The van der Waals surface area contributed by atoms with E-state index in [2.05, 4.69) is 5.32 Å². The maximum Gasteiger partial charge on any atom is 0.243 e. The van der Waals surface area contributed by atoms with Gasteiger partial charge in [-0.25, -0.2) is 0 Å². The third kappa shape index (κ3) is 5.64. The van der Waals surface area contributed by atoms with Gasteiger partial charge in [0.2, 0.25) is 17.7 Å². The molecule has 3 amide bonds. The molecule has 2 heterocycles. The van der Waals surface area contributed by atoms with Crippen molar-refractivity contribution >= 4 is 29.1 Å². The second-order valence-electron chi connectivity index (χ2n) is 8.50. The SMILES string of the molecule is CCOc1ccc(NC(=O)CN(C)C(=O)[C@H]2CC(=O)N(c3ccc4c(c3)OCCO4)C2)cc1OCC. The molecule has 0 aromatic heterocycles. The summed E-state index contributed by atoms with van der Waals surface area (Å²) in [6.45, 7) is 5.72. The number of hydrogen-bond donors (Lipinski definition) is 1. The fourth-order valence-electron chi connectivity index (χ4n) is 4.26. The molecule has 4 rings (SSSR count). The predicted molar refractivity (Wildman–Crippen MR) is 133 cm³/mol. The number of hydrogen-bond acceptors (Lipinski definition) is 7. The molecule has 0 radical (unpaired) electrons. The van der Waals surface area contributed by atoms with Crippen molar-refractivity contribution in [3.05, 3.63) is 36.4 Å². The molecule has 2 aromatic carbocycles. The first-order valence-corrected chi connectivity index (χ1v) is 12.0. The Morgan fingerprint density at radius 2 is 1.75 bits per heavy atom. The lowest BCUT2D eigenvalue weighted by Gasteiger charge is -2.23. The van der Waals surface area contributed by atoms with Gasteiger partial charge in [0.05, 0.1) is 25.7 Å². The first kappa shape index (κ1) is 25.2. The molecule has 0 unspecified atom stereocenters. The van der Waals surface area contributed by atoms with Crippen LogP contribution >= 0.6 is 0 Å². The Labute approximate surface area is 210 Å². The minimum absolute atomic E-state index is 0.0792. The molecule has 2 aromatic rings. The van der Waals surface area contributed by atoms with Crippen molar-refractivity contribution < 1.29 is 33.3 Å². The van der Waals surface area contributed by atoms with Gasteiger partial charge in [0.15, 0.2) is 23.0 Å². The van der Waals surface area contributed by atoms with Crippen LogP contribution in [0.3, 0.4) is 0 Å². The summed E-state index contributed by atoms with van der Waals surface area (Å²) in [4.78, 5) is 41.3. The quantitative estimate of drug-likeness (QED) is 0.568. The number of likely N-dealkylation sites (N-methyl/N-ethyl adjacent to an activating group) is 1. The molecule has 0 spiro atoms. The predicted octanol–water partition coefficient (Wildman–Crippen LogP) is 2.71. The van der Waals surface area contributed by atoms with Crippen LogP contribution in [0.4, 0.5) is 11.4 Å². The van der Waals surface area contributed by atoms with E-state index in [1.807, 2.05) is 13.8 Å². The van der Waals surface area contributed by atoms with Crippen LogP contribution in [0.5, 0.6) is 23.0 Å². The van der Waals surface area contributed by atoms with Crippen LogP contribution in [0.25, 0.3) is 0 Å². The van der Waals surface area contributed by atoms with Gasteiger partial charge in [-0.3, -0.25) is 14.4 Å². The van der Waals surface area contributed by atoms with Crippen molar-refractivity contribution in [3.63, 3.8) is 0 Å². The second kappa shape index (κ2) is 11.2. The first-order valence-electron chi connectivity index (χ1n) is 12.0. The molecule has 192 valence electrons. The smallest absolute Gasteiger partial charge is 0.243 e. The Kier molecular flexibility index (Phi) is 7.82. The highest BCUT2D eigenvalue weighted by Gasteiger charge is 2.37. The highest BCUT2D eigenvalue weighted by Crippen LogP contribution is 2.36. The Bertz CT molecular complexity index is 1140. The number of rotatable bonds is 9. The number of fused-ring (bicyclic) bond motifs is 1. The van der Waals surface area contributed by atoms with E-state index in [-0.39, 0.29) is 37.2 Å². The standard InChI is InChI=1S/C26H31N3O7/c1-4-33-20-8-6-18(13-22(20)34-5-2)27-24(30)16-28(3)26(32)17-12-25(31)29(15-17)19-7-9-21-23(14-19)36-11-10-35-21/h6-9,13-14,17H,4-5,10-12,15-16H2,1-3H3,(H,27,30)/t17-/m0/s1. The molecule has 0 saturated carbocycles. The van der Waals surface area contributed by atoms with Gasteiger partial charge in [0, 0.05) is 43.5 Å². The number of nitrogens with zero attached hydrogens (tertiary/aromatic N) is 2. The highest BCUT2D eigenvalue weighted by molar-refractivity contribution is 6.01. The van der Waals surface area contributed by atoms with Crippen LogP contribution in [0, 0.1) is 5.92 Å². The molecule has 36 heavy (non-hydrogen) atoms. The van der Waals surface area contributed by atoms with Gasteiger partial charge in [-0.2, -0.15) is 0 Å². The molecule has 1 fully saturated rings. The lowest BCUT2D eigenvalue weighted by atomic mass is 10.1. The molecule has 10 nitrogen and oxygen atoms in total. The molecular formula is C26H31N3O7. The van der Waals surface area contributed by atoms with Crippen LogP contribution in [-0.4, -0.2) is 69.2 Å². The van der Waals surface area contributed by atoms with E-state index in [0.29, 0.717) is 60.8 Å². The third-order valence-corrected chi connectivity index (χ3v) is 5.90. The monoisotopic (exact) mass is 497 g/mol. The molecule has 1 atom stereocenters. The Hall–Kier alpha value is -3.95. The van der Waals surface area contributed by atoms with Crippen molar-refractivity contribution in [2.75, 3.05) is 56.8 Å². The molecule has 2 aliphatic heterocycles. The minimum Gasteiger partial charge on any atom is -0.490 e. The number of ether oxygens (including phenoxy) is 4. The molecule has 1 N–H and O–H groups in total. The number of carbonyl (C=O) groups excluding carboxylic acids is 3. The van der Waals surface area contributed by atoms with Gasteiger partial charge in [-0.05, 0) is 38.1 Å². The van der Waals surface area contributed by atoms with Crippen molar-refractivity contribution in [2.45, 2.75) is 20.3 Å². The fraction of sp³-hybridized carbons (Fsp3) is 0.423. The third-order valence-electron chi connectivity index (χ3n) is 5.90. The second-order valence-corrected chi connectivity index (χ2v) is 8.50. The number of benzene rings is 2. The van der Waals surface area contributed by atoms with Crippen LogP contribution < -0.4 is 29.2 Å². The zero-order valence-electron chi connectivity index (χ0n) is 20.7.